The van der Waals surface area contributed by atoms with Crippen LogP contribution in [-0.4, -0.2) is 46.4 Å². The molecule has 2 rings (SSSR count). The molecule has 27 heavy (non-hydrogen) atoms. The topological polar surface area (TPSA) is 78.5 Å². The normalized spacial score (nSPS) is 11.6. The smallest absolute Gasteiger partial charge is 0.255 e. The fraction of sp³-hybridized carbons (Fsp3) is 0.350. The van der Waals surface area contributed by atoms with Gasteiger partial charge in [-0.15, -0.1) is 0 Å². The Balaban J connectivity index is 2.05. The Bertz CT molecular complexity index is 862. The Kier molecular flexibility index (Phi) is 7.53. The second-order valence-corrected chi connectivity index (χ2v) is 8.35. The third-order valence-electron chi connectivity index (χ3n) is 4.10. The summed E-state index contributed by atoms with van der Waals surface area (Å²) >= 11 is 0. The lowest BCUT2D eigenvalue weighted by molar-refractivity contribution is 0.102. The fourth-order valence-corrected chi connectivity index (χ4v) is 3.64. The first-order valence-electron chi connectivity index (χ1n) is 8.96. The Hall–Kier alpha value is -2.22. The average Bonchev–Trinajstić information content (AvgIpc) is 2.66. The van der Waals surface area contributed by atoms with Crippen LogP contribution in [0.5, 0.6) is 0 Å². The van der Waals surface area contributed by atoms with Gasteiger partial charge >= 0.3 is 0 Å². The van der Waals surface area contributed by atoms with E-state index in [1.54, 1.807) is 12.1 Å². The summed E-state index contributed by atoms with van der Waals surface area (Å²) in [5.41, 5.74) is 2.15. The summed E-state index contributed by atoms with van der Waals surface area (Å²) in [6.45, 7) is 3.20. The molecule has 0 aliphatic carbocycles. The molecular weight excluding hydrogens is 362 g/mol. The highest BCUT2D eigenvalue weighted by Crippen LogP contribution is 2.15. The third kappa shape index (κ3) is 6.46. The number of nitrogens with one attached hydrogen (secondary N) is 2. The molecule has 2 N–H and O–H groups in total. The summed E-state index contributed by atoms with van der Waals surface area (Å²) in [5, 5.41) is 2.79. The van der Waals surface area contributed by atoms with Crippen molar-refractivity contribution in [2.24, 2.45) is 0 Å². The number of benzene rings is 2. The molecule has 0 radical (unpaired) electrons. The van der Waals surface area contributed by atoms with Crippen LogP contribution in [0.3, 0.4) is 0 Å². The standard InChI is InChI=1S/C20H27N3O3S/c1-4-16-9-11-18(12-10-16)22-20(24)17-7-5-8-19(15-17)27(25,26)21-13-6-14-23(2)3/h5,7-12,15,21H,4,6,13-14H2,1-3H3,(H,22,24). The summed E-state index contributed by atoms with van der Waals surface area (Å²) in [7, 11) is 0.229. The van der Waals surface area contributed by atoms with Gasteiger partial charge in [-0.25, -0.2) is 13.1 Å². The number of sulfonamides is 1. The minimum Gasteiger partial charge on any atom is -0.322 e. The van der Waals surface area contributed by atoms with Crippen molar-refractivity contribution in [2.75, 3.05) is 32.5 Å². The molecule has 0 heterocycles. The van der Waals surface area contributed by atoms with Crippen LogP contribution in [0.4, 0.5) is 5.69 Å². The van der Waals surface area contributed by atoms with E-state index in [4.69, 9.17) is 0 Å². The van der Waals surface area contributed by atoms with Crippen molar-refractivity contribution in [1.29, 1.82) is 0 Å². The summed E-state index contributed by atoms with van der Waals surface area (Å²) in [6, 6.07) is 13.6. The van der Waals surface area contributed by atoms with Gasteiger partial charge in [-0.2, -0.15) is 0 Å². The number of nitrogens with zero attached hydrogens (tertiary/aromatic N) is 1. The van der Waals surface area contributed by atoms with Gasteiger partial charge < -0.3 is 10.2 Å². The molecule has 2 aromatic rings. The minimum atomic E-state index is -3.64. The van der Waals surface area contributed by atoms with Crippen molar-refractivity contribution in [1.82, 2.24) is 9.62 Å². The molecule has 0 spiro atoms. The SMILES string of the molecule is CCc1ccc(NC(=O)c2cccc(S(=O)(=O)NCCCN(C)C)c2)cc1. The summed E-state index contributed by atoms with van der Waals surface area (Å²) in [4.78, 5) is 14.5. The zero-order valence-electron chi connectivity index (χ0n) is 16.0. The average molecular weight is 390 g/mol. The van der Waals surface area contributed by atoms with Gasteiger partial charge in [-0.3, -0.25) is 4.79 Å². The molecular formula is C20H27N3O3S. The van der Waals surface area contributed by atoms with Crippen LogP contribution in [0.25, 0.3) is 0 Å². The van der Waals surface area contributed by atoms with Gasteiger partial charge in [-0.05, 0) is 69.4 Å². The third-order valence-corrected chi connectivity index (χ3v) is 5.56. The zero-order chi connectivity index (χ0) is 19.9. The molecule has 0 fully saturated rings. The molecule has 0 aliphatic heterocycles. The molecule has 0 unspecified atom stereocenters. The van der Waals surface area contributed by atoms with Gasteiger partial charge in [0, 0.05) is 17.8 Å². The molecule has 2 aromatic carbocycles. The summed E-state index contributed by atoms with van der Waals surface area (Å²) in [5.74, 6) is -0.344. The fourth-order valence-electron chi connectivity index (χ4n) is 2.52. The predicted octanol–water partition coefficient (Wildman–Crippen LogP) is 2.73. The molecule has 1 amide bonds. The minimum absolute atomic E-state index is 0.0846. The van der Waals surface area contributed by atoms with Crippen LogP contribution in [0.1, 0.15) is 29.3 Å². The van der Waals surface area contributed by atoms with Crippen LogP contribution in [0.2, 0.25) is 0 Å². The number of aryl methyl sites for hydroxylation is 1. The van der Waals surface area contributed by atoms with Crippen LogP contribution in [0.15, 0.2) is 53.4 Å². The maximum atomic E-state index is 12.5. The monoisotopic (exact) mass is 389 g/mol. The van der Waals surface area contributed by atoms with Crippen LogP contribution in [0, 0.1) is 0 Å². The number of hydrogen-bond acceptors (Lipinski definition) is 4. The van der Waals surface area contributed by atoms with Crippen molar-refractivity contribution in [3.8, 4) is 0 Å². The van der Waals surface area contributed by atoms with E-state index in [1.807, 2.05) is 43.3 Å². The second kappa shape index (κ2) is 9.64. The molecule has 0 bridgehead atoms. The van der Waals surface area contributed by atoms with Crippen molar-refractivity contribution < 1.29 is 13.2 Å². The number of amides is 1. The lowest BCUT2D eigenvalue weighted by Crippen LogP contribution is -2.27. The molecule has 0 atom stereocenters. The van der Waals surface area contributed by atoms with Gasteiger partial charge in [0.2, 0.25) is 10.0 Å². The number of hydrogen-bond donors (Lipinski definition) is 2. The van der Waals surface area contributed by atoms with Crippen molar-refractivity contribution in [3.63, 3.8) is 0 Å². The molecule has 0 saturated heterocycles. The van der Waals surface area contributed by atoms with Crippen molar-refractivity contribution >= 4 is 21.6 Å². The lowest BCUT2D eigenvalue weighted by Gasteiger charge is -2.11. The molecule has 0 aromatic heterocycles. The van der Waals surface area contributed by atoms with Gasteiger partial charge in [0.1, 0.15) is 0 Å². The highest BCUT2D eigenvalue weighted by molar-refractivity contribution is 7.89. The molecule has 7 heteroatoms. The zero-order valence-corrected chi connectivity index (χ0v) is 16.8. The largest absolute Gasteiger partial charge is 0.322 e. The number of carbonyl (C=O) groups is 1. The Morgan fingerprint density at radius 2 is 1.78 bits per heavy atom. The molecule has 146 valence electrons. The van der Waals surface area contributed by atoms with Gasteiger partial charge in [0.05, 0.1) is 4.90 Å². The van der Waals surface area contributed by atoms with E-state index in [-0.39, 0.29) is 10.8 Å². The van der Waals surface area contributed by atoms with E-state index in [0.717, 1.165) is 13.0 Å². The van der Waals surface area contributed by atoms with Crippen LogP contribution in [-0.2, 0) is 16.4 Å². The lowest BCUT2D eigenvalue weighted by atomic mass is 10.1. The van der Waals surface area contributed by atoms with Gasteiger partial charge in [0.25, 0.3) is 5.91 Å². The number of anilines is 1. The van der Waals surface area contributed by atoms with Crippen molar-refractivity contribution in [2.45, 2.75) is 24.7 Å². The highest BCUT2D eigenvalue weighted by atomic mass is 32.2. The van der Waals surface area contributed by atoms with Crippen molar-refractivity contribution in [3.05, 3.63) is 59.7 Å². The van der Waals surface area contributed by atoms with Gasteiger partial charge in [-0.1, -0.05) is 25.1 Å². The van der Waals surface area contributed by atoms with E-state index >= 15 is 0 Å². The Labute approximate surface area is 161 Å². The maximum Gasteiger partial charge on any atom is 0.255 e. The predicted molar refractivity (Wildman–Crippen MR) is 109 cm³/mol. The molecule has 6 nitrogen and oxygen atoms in total. The van der Waals surface area contributed by atoms with E-state index in [1.165, 1.54) is 17.7 Å². The highest BCUT2D eigenvalue weighted by Gasteiger charge is 2.16. The number of rotatable bonds is 9. The van der Waals surface area contributed by atoms with Crippen LogP contribution >= 0.6 is 0 Å². The van der Waals surface area contributed by atoms with Crippen LogP contribution < -0.4 is 10.0 Å². The van der Waals surface area contributed by atoms with E-state index in [9.17, 15) is 13.2 Å². The van der Waals surface area contributed by atoms with E-state index < -0.39 is 10.0 Å². The summed E-state index contributed by atoms with van der Waals surface area (Å²) < 4.78 is 27.4. The van der Waals surface area contributed by atoms with E-state index in [0.29, 0.717) is 24.2 Å². The number of carbonyl (C=O) groups excluding carboxylic acids is 1. The first-order valence-corrected chi connectivity index (χ1v) is 10.4. The first-order chi connectivity index (χ1) is 12.8. The Morgan fingerprint density at radius 1 is 1.07 bits per heavy atom. The molecule has 0 aliphatic rings. The van der Waals surface area contributed by atoms with E-state index in [2.05, 4.69) is 17.0 Å². The second-order valence-electron chi connectivity index (χ2n) is 6.59. The Morgan fingerprint density at radius 3 is 2.41 bits per heavy atom. The first kappa shape index (κ1) is 21.1. The van der Waals surface area contributed by atoms with Gasteiger partial charge in [0.15, 0.2) is 0 Å². The quantitative estimate of drug-likeness (QED) is 0.647. The maximum absolute atomic E-state index is 12.5. The molecule has 0 saturated carbocycles. The summed E-state index contributed by atoms with van der Waals surface area (Å²) in [6.07, 6.45) is 1.63.